The maximum atomic E-state index is 12.5. The maximum absolute atomic E-state index is 12.5. The Morgan fingerprint density at radius 2 is 1.80 bits per heavy atom. The van der Waals surface area contributed by atoms with Crippen LogP contribution in [0.4, 0.5) is 13.2 Å². The minimum atomic E-state index is -4.29. The van der Waals surface area contributed by atoms with Crippen molar-refractivity contribution >= 4 is 10.8 Å². The van der Waals surface area contributed by atoms with E-state index in [1.807, 2.05) is 0 Å². The predicted octanol–water partition coefficient (Wildman–Crippen LogP) is 0.663. The first-order chi connectivity index (χ1) is 6.59. The van der Waals surface area contributed by atoms with Crippen LogP contribution in [0.15, 0.2) is 36.4 Å². The minimum Gasteiger partial charge on any atom is -0.183 e. The largest absolute Gasteiger partial charge is 1.00 e. The van der Waals surface area contributed by atoms with Crippen LogP contribution in [-0.2, 0) is 6.18 Å². The molecule has 2 aromatic rings. The molecule has 2 aromatic carbocycles. The molecular formula is C11H6F3Li. The number of benzene rings is 2. The van der Waals surface area contributed by atoms with Crippen molar-refractivity contribution in [2.75, 3.05) is 0 Å². The van der Waals surface area contributed by atoms with Gasteiger partial charge >= 0.3 is 25.0 Å². The predicted molar refractivity (Wildman–Crippen MR) is 47.8 cm³/mol. The Morgan fingerprint density at radius 3 is 2.47 bits per heavy atom. The average Bonchev–Trinajstić information content (AvgIpc) is 2.15. The normalized spacial score (nSPS) is 11.1. The van der Waals surface area contributed by atoms with E-state index in [4.69, 9.17) is 0 Å². The van der Waals surface area contributed by atoms with E-state index in [0.717, 1.165) is 6.07 Å². The molecule has 0 aliphatic carbocycles. The van der Waals surface area contributed by atoms with Gasteiger partial charge in [0.1, 0.15) is 0 Å². The third kappa shape index (κ3) is 2.36. The summed E-state index contributed by atoms with van der Waals surface area (Å²) in [5.41, 5.74) is -0.594. The van der Waals surface area contributed by atoms with Crippen LogP contribution < -0.4 is 18.9 Å². The number of hydrogen-bond donors (Lipinski definition) is 0. The number of rotatable bonds is 0. The van der Waals surface area contributed by atoms with Gasteiger partial charge in [-0.05, 0) is 0 Å². The summed E-state index contributed by atoms with van der Waals surface area (Å²) in [6, 6.07) is 11.3. The summed E-state index contributed by atoms with van der Waals surface area (Å²) in [6.07, 6.45) is -4.29. The zero-order valence-electron chi connectivity index (χ0n) is 8.10. The van der Waals surface area contributed by atoms with Crippen molar-refractivity contribution in [1.82, 2.24) is 0 Å². The van der Waals surface area contributed by atoms with Crippen molar-refractivity contribution in [2.45, 2.75) is 6.18 Å². The Bertz CT molecular complexity index is 457. The fraction of sp³-hybridized carbons (Fsp3) is 0.0909. The summed E-state index contributed by atoms with van der Waals surface area (Å²) in [4.78, 5) is 0. The summed E-state index contributed by atoms with van der Waals surface area (Å²) < 4.78 is 37.5. The van der Waals surface area contributed by atoms with Gasteiger partial charge in [0.15, 0.2) is 0 Å². The third-order valence-electron chi connectivity index (χ3n) is 2.03. The molecular weight excluding hydrogens is 196 g/mol. The van der Waals surface area contributed by atoms with Crippen LogP contribution in [0.1, 0.15) is 5.56 Å². The fourth-order valence-corrected chi connectivity index (χ4v) is 1.41. The molecule has 15 heavy (non-hydrogen) atoms. The van der Waals surface area contributed by atoms with Gasteiger partial charge in [-0.15, -0.1) is 16.8 Å². The fourth-order valence-electron chi connectivity index (χ4n) is 1.41. The first kappa shape index (κ1) is 12.2. The molecule has 0 fully saturated rings. The topological polar surface area (TPSA) is 0 Å². The van der Waals surface area contributed by atoms with E-state index in [2.05, 4.69) is 6.07 Å². The van der Waals surface area contributed by atoms with Gasteiger partial charge < -0.3 is 0 Å². The smallest absolute Gasteiger partial charge is 0.183 e. The molecule has 0 aliphatic heterocycles. The molecule has 72 valence electrons. The van der Waals surface area contributed by atoms with Gasteiger partial charge in [-0.2, -0.15) is 37.4 Å². The first-order valence-electron chi connectivity index (χ1n) is 4.05. The molecule has 0 atom stereocenters. The SMILES string of the molecule is FC(F)(F)c1cccc2c[c-]ccc12.[Li+]. The van der Waals surface area contributed by atoms with Crippen LogP contribution in [0.5, 0.6) is 0 Å². The Labute approximate surface area is 97.3 Å². The molecule has 0 saturated carbocycles. The van der Waals surface area contributed by atoms with Crippen LogP contribution in [0.25, 0.3) is 10.8 Å². The molecule has 4 heteroatoms. The zero-order chi connectivity index (χ0) is 10.2. The van der Waals surface area contributed by atoms with E-state index in [-0.39, 0.29) is 24.2 Å². The first-order valence-corrected chi connectivity index (χ1v) is 4.05. The van der Waals surface area contributed by atoms with Gasteiger partial charge in [-0.1, -0.05) is 12.1 Å². The van der Waals surface area contributed by atoms with Crippen molar-refractivity contribution in [3.63, 3.8) is 0 Å². The van der Waals surface area contributed by atoms with Gasteiger partial charge in [-0.3, -0.25) is 0 Å². The quantitative estimate of drug-likeness (QED) is 0.435. The molecule has 0 amide bonds. The van der Waals surface area contributed by atoms with Crippen molar-refractivity contribution in [3.05, 3.63) is 48.0 Å². The van der Waals surface area contributed by atoms with E-state index < -0.39 is 11.7 Å². The molecule has 0 unspecified atom stereocenters. The van der Waals surface area contributed by atoms with Crippen LogP contribution in [0.2, 0.25) is 0 Å². The maximum Gasteiger partial charge on any atom is 1.00 e. The van der Waals surface area contributed by atoms with Gasteiger partial charge in [-0.25, -0.2) is 0 Å². The molecule has 0 nitrogen and oxygen atoms in total. The van der Waals surface area contributed by atoms with Gasteiger partial charge in [0, 0.05) is 5.56 Å². The number of alkyl halides is 3. The number of halogens is 3. The van der Waals surface area contributed by atoms with Gasteiger partial charge in [0.25, 0.3) is 0 Å². The summed E-state index contributed by atoms with van der Waals surface area (Å²) in [5.74, 6) is 0. The Kier molecular flexibility index (Phi) is 3.49. The second-order valence-corrected chi connectivity index (χ2v) is 2.95. The third-order valence-corrected chi connectivity index (χ3v) is 2.03. The average molecular weight is 202 g/mol. The van der Waals surface area contributed by atoms with E-state index in [0.29, 0.717) is 5.39 Å². The minimum absolute atomic E-state index is 0. The van der Waals surface area contributed by atoms with Crippen LogP contribution in [-0.4, -0.2) is 0 Å². The summed E-state index contributed by atoms with van der Waals surface area (Å²) in [5, 5.41) is 0.779. The van der Waals surface area contributed by atoms with Gasteiger partial charge in [0.05, 0.1) is 0 Å². The second kappa shape index (κ2) is 4.30. The van der Waals surface area contributed by atoms with Crippen molar-refractivity contribution in [2.24, 2.45) is 0 Å². The molecule has 0 saturated heterocycles. The molecule has 0 aliphatic rings. The Morgan fingerprint density at radius 1 is 1.07 bits per heavy atom. The summed E-state index contributed by atoms with van der Waals surface area (Å²) >= 11 is 0. The van der Waals surface area contributed by atoms with E-state index in [1.165, 1.54) is 18.2 Å². The monoisotopic (exact) mass is 202 g/mol. The number of fused-ring (bicyclic) bond motifs is 1. The van der Waals surface area contributed by atoms with E-state index in [1.54, 1.807) is 12.1 Å². The second-order valence-electron chi connectivity index (χ2n) is 2.95. The molecule has 0 radical (unpaired) electrons. The van der Waals surface area contributed by atoms with Crippen LogP contribution >= 0.6 is 0 Å². The molecule has 2 rings (SSSR count). The molecule has 0 spiro atoms. The van der Waals surface area contributed by atoms with E-state index in [9.17, 15) is 13.2 Å². The summed E-state index contributed by atoms with van der Waals surface area (Å²) in [6.45, 7) is 0. The number of hydrogen-bond acceptors (Lipinski definition) is 0. The Balaban J connectivity index is 0.00000112. The molecule has 0 bridgehead atoms. The molecule has 0 heterocycles. The standard InChI is InChI=1S/C11H6F3.Li/c12-11(13,14)10-7-3-5-8-4-1-2-6-9(8)10;/h2-7H;/q-1;+1. The molecule has 0 N–H and O–H groups in total. The molecule has 0 aromatic heterocycles. The Hall–Kier alpha value is -0.913. The van der Waals surface area contributed by atoms with Crippen LogP contribution in [0.3, 0.4) is 0 Å². The van der Waals surface area contributed by atoms with Crippen molar-refractivity contribution in [1.29, 1.82) is 0 Å². The van der Waals surface area contributed by atoms with Crippen molar-refractivity contribution in [3.8, 4) is 0 Å². The van der Waals surface area contributed by atoms with E-state index >= 15 is 0 Å². The summed E-state index contributed by atoms with van der Waals surface area (Å²) in [7, 11) is 0. The van der Waals surface area contributed by atoms with Crippen molar-refractivity contribution < 1.29 is 32.0 Å². The zero-order valence-corrected chi connectivity index (χ0v) is 8.10. The van der Waals surface area contributed by atoms with Crippen LogP contribution in [0, 0.1) is 6.07 Å². The van der Waals surface area contributed by atoms with Gasteiger partial charge in [0.2, 0.25) is 0 Å².